The molecule has 0 aromatic heterocycles. The zero-order valence-electron chi connectivity index (χ0n) is 12.1. The molecule has 0 radical (unpaired) electrons. The van der Waals surface area contributed by atoms with Gasteiger partial charge in [0.25, 0.3) is 0 Å². The van der Waals surface area contributed by atoms with Crippen molar-refractivity contribution in [1.82, 2.24) is 4.90 Å². The SMILES string of the molecule is CC(c1ccc(Cl)cc1)N(C)CCC(C)(C)C(N)=S. The first kappa shape index (κ1) is 16.4. The monoisotopic (exact) mass is 298 g/mol. The minimum atomic E-state index is -0.0939. The number of benzene rings is 1. The van der Waals surface area contributed by atoms with Gasteiger partial charge in [-0.05, 0) is 44.6 Å². The van der Waals surface area contributed by atoms with Crippen molar-refractivity contribution in [2.75, 3.05) is 13.6 Å². The molecule has 1 rings (SSSR count). The van der Waals surface area contributed by atoms with Crippen molar-refractivity contribution in [2.45, 2.75) is 33.2 Å². The second kappa shape index (κ2) is 6.69. The first-order valence-corrected chi connectivity index (χ1v) is 7.28. The van der Waals surface area contributed by atoms with E-state index in [0.29, 0.717) is 11.0 Å². The van der Waals surface area contributed by atoms with Gasteiger partial charge in [-0.25, -0.2) is 0 Å². The predicted octanol–water partition coefficient (Wildman–Crippen LogP) is 4.04. The molecule has 106 valence electrons. The van der Waals surface area contributed by atoms with Crippen molar-refractivity contribution >= 4 is 28.8 Å². The molecule has 0 saturated heterocycles. The lowest BCUT2D eigenvalue weighted by atomic mass is 9.89. The van der Waals surface area contributed by atoms with Gasteiger partial charge in [-0.2, -0.15) is 0 Å². The van der Waals surface area contributed by atoms with Crippen LogP contribution in [-0.2, 0) is 0 Å². The van der Waals surface area contributed by atoms with E-state index in [2.05, 4.69) is 44.9 Å². The Morgan fingerprint density at radius 3 is 2.37 bits per heavy atom. The minimum Gasteiger partial charge on any atom is -0.393 e. The average molecular weight is 299 g/mol. The van der Waals surface area contributed by atoms with E-state index in [1.807, 2.05) is 12.1 Å². The van der Waals surface area contributed by atoms with Gasteiger partial charge < -0.3 is 5.73 Å². The number of halogens is 1. The van der Waals surface area contributed by atoms with Gasteiger partial charge in [0.15, 0.2) is 0 Å². The van der Waals surface area contributed by atoms with E-state index in [1.165, 1.54) is 5.56 Å². The fourth-order valence-corrected chi connectivity index (χ4v) is 2.00. The zero-order valence-corrected chi connectivity index (χ0v) is 13.7. The van der Waals surface area contributed by atoms with Crippen LogP contribution in [0.25, 0.3) is 0 Å². The van der Waals surface area contributed by atoms with Crippen LogP contribution >= 0.6 is 23.8 Å². The summed E-state index contributed by atoms with van der Waals surface area (Å²) >= 11 is 11.0. The minimum absolute atomic E-state index is 0.0939. The van der Waals surface area contributed by atoms with Gasteiger partial charge in [-0.3, -0.25) is 4.90 Å². The second-order valence-electron chi connectivity index (χ2n) is 5.71. The van der Waals surface area contributed by atoms with Crippen LogP contribution in [0.3, 0.4) is 0 Å². The van der Waals surface area contributed by atoms with Crippen LogP contribution in [0.2, 0.25) is 5.02 Å². The average Bonchev–Trinajstić information content (AvgIpc) is 2.36. The summed E-state index contributed by atoms with van der Waals surface area (Å²) in [5, 5.41) is 0.771. The van der Waals surface area contributed by atoms with Crippen LogP contribution in [0.4, 0.5) is 0 Å². The maximum atomic E-state index is 5.91. The standard InChI is InChI=1S/C15H23ClN2S/c1-11(12-5-7-13(16)8-6-12)18(4)10-9-15(2,3)14(17)19/h5-8,11H,9-10H2,1-4H3,(H2,17,19). The third-order valence-electron chi connectivity index (χ3n) is 3.77. The van der Waals surface area contributed by atoms with Crippen molar-refractivity contribution in [2.24, 2.45) is 11.1 Å². The number of thiocarbonyl (C=S) groups is 1. The molecule has 0 aliphatic heterocycles. The van der Waals surface area contributed by atoms with E-state index in [4.69, 9.17) is 29.6 Å². The molecule has 0 aliphatic carbocycles. The maximum Gasteiger partial charge on any atom is 0.0784 e. The number of hydrogen-bond donors (Lipinski definition) is 1. The van der Waals surface area contributed by atoms with Gasteiger partial charge in [0, 0.05) is 16.5 Å². The lowest BCUT2D eigenvalue weighted by Crippen LogP contribution is -2.34. The van der Waals surface area contributed by atoms with Crippen molar-refractivity contribution in [3.8, 4) is 0 Å². The second-order valence-corrected chi connectivity index (χ2v) is 6.58. The lowest BCUT2D eigenvalue weighted by Gasteiger charge is -2.30. The van der Waals surface area contributed by atoms with Crippen LogP contribution < -0.4 is 5.73 Å². The topological polar surface area (TPSA) is 29.3 Å². The molecule has 2 N–H and O–H groups in total. The number of rotatable bonds is 6. The quantitative estimate of drug-likeness (QED) is 0.804. The van der Waals surface area contributed by atoms with Gasteiger partial charge in [-0.15, -0.1) is 0 Å². The largest absolute Gasteiger partial charge is 0.393 e. The summed E-state index contributed by atoms with van der Waals surface area (Å²) in [6, 6.07) is 8.35. The highest BCUT2D eigenvalue weighted by Gasteiger charge is 2.22. The molecule has 0 heterocycles. The first-order valence-electron chi connectivity index (χ1n) is 6.49. The number of nitrogens with zero attached hydrogens (tertiary/aromatic N) is 1. The molecule has 0 bridgehead atoms. The molecule has 1 aromatic carbocycles. The van der Waals surface area contributed by atoms with Crippen LogP contribution in [0.15, 0.2) is 24.3 Å². The Hall–Kier alpha value is -0.640. The summed E-state index contributed by atoms with van der Waals surface area (Å²) in [7, 11) is 2.12. The molecule has 0 spiro atoms. The summed E-state index contributed by atoms with van der Waals surface area (Å²) in [4.78, 5) is 2.89. The molecule has 1 atom stereocenters. The third kappa shape index (κ3) is 4.75. The van der Waals surface area contributed by atoms with E-state index < -0.39 is 0 Å². The van der Waals surface area contributed by atoms with Crippen LogP contribution in [0.1, 0.15) is 38.8 Å². The van der Waals surface area contributed by atoms with E-state index >= 15 is 0 Å². The van der Waals surface area contributed by atoms with Gasteiger partial charge in [0.1, 0.15) is 0 Å². The molecular formula is C15H23ClN2S. The first-order chi connectivity index (χ1) is 8.74. The Morgan fingerprint density at radius 1 is 1.37 bits per heavy atom. The summed E-state index contributed by atoms with van der Waals surface area (Å²) in [5.41, 5.74) is 6.93. The van der Waals surface area contributed by atoms with Crippen LogP contribution in [-0.4, -0.2) is 23.5 Å². The number of hydrogen-bond acceptors (Lipinski definition) is 2. The summed E-state index contributed by atoms with van der Waals surface area (Å²) < 4.78 is 0. The predicted molar refractivity (Wildman–Crippen MR) is 87.7 cm³/mol. The molecule has 0 aliphatic rings. The smallest absolute Gasteiger partial charge is 0.0784 e. The highest BCUT2D eigenvalue weighted by molar-refractivity contribution is 7.80. The zero-order chi connectivity index (χ0) is 14.6. The number of nitrogens with two attached hydrogens (primary N) is 1. The van der Waals surface area contributed by atoms with E-state index in [9.17, 15) is 0 Å². The van der Waals surface area contributed by atoms with Gasteiger partial charge in [-0.1, -0.05) is 49.8 Å². The lowest BCUT2D eigenvalue weighted by molar-refractivity contribution is 0.235. The molecule has 1 aromatic rings. The summed E-state index contributed by atoms with van der Waals surface area (Å²) in [6.07, 6.45) is 0.955. The highest BCUT2D eigenvalue weighted by atomic mass is 35.5. The van der Waals surface area contributed by atoms with E-state index in [0.717, 1.165) is 18.0 Å². The molecule has 0 fully saturated rings. The Kier molecular flexibility index (Phi) is 5.78. The fourth-order valence-electron chi connectivity index (χ4n) is 1.77. The molecule has 2 nitrogen and oxygen atoms in total. The Labute approximate surface area is 126 Å². The van der Waals surface area contributed by atoms with Gasteiger partial charge >= 0.3 is 0 Å². The summed E-state index contributed by atoms with van der Waals surface area (Å²) in [5.74, 6) is 0. The van der Waals surface area contributed by atoms with Crippen molar-refractivity contribution < 1.29 is 0 Å². The van der Waals surface area contributed by atoms with Crippen LogP contribution in [0.5, 0.6) is 0 Å². The maximum absolute atomic E-state index is 5.91. The van der Waals surface area contributed by atoms with E-state index in [-0.39, 0.29) is 5.41 Å². The van der Waals surface area contributed by atoms with Crippen LogP contribution in [0, 0.1) is 5.41 Å². The molecule has 19 heavy (non-hydrogen) atoms. The van der Waals surface area contributed by atoms with Crippen molar-refractivity contribution in [1.29, 1.82) is 0 Å². The van der Waals surface area contributed by atoms with Gasteiger partial charge in [0.05, 0.1) is 4.99 Å². The van der Waals surface area contributed by atoms with Gasteiger partial charge in [0.2, 0.25) is 0 Å². The molecule has 0 amide bonds. The summed E-state index contributed by atoms with van der Waals surface area (Å²) in [6.45, 7) is 7.33. The molecule has 1 unspecified atom stereocenters. The molecular weight excluding hydrogens is 276 g/mol. The molecule has 0 saturated carbocycles. The Balaban J connectivity index is 2.60. The highest BCUT2D eigenvalue weighted by Crippen LogP contribution is 2.25. The third-order valence-corrected chi connectivity index (χ3v) is 4.57. The molecule has 4 heteroatoms. The Morgan fingerprint density at radius 2 is 1.89 bits per heavy atom. The van der Waals surface area contributed by atoms with Crippen molar-refractivity contribution in [3.63, 3.8) is 0 Å². The van der Waals surface area contributed by atoms with Crippen molar-refractivity contribution in [3.05, 3.63) is 34.9 Å². The van der Waals surface area contributed by atoms with E-state index in [1.54, 1.807) is 0 Å². The normalized spacial score (nSPS) is 13.6. The fraction of sp³-hybridized carbons (Fsp3) is 0.533. The Bertz CT molecular complexity index is 428.